The van der Waals surface area contributed by atoms with Crippen molar-refractivity contribution in [2.75, 3.05) is 7.11 Å². The lowest BCUT2D eigenvalue weighted by Crippen LogP contribution is -1.92. The lowest BCUT2D eigenvalue weighted by molar-refractivity contribution is 0.112. The number of ether oxygens (including phenoxy) is 1. The summed E-state index contributed by atoms with van der Waals surface area (Å²) < 4.78 is 6.90. The standard InChI is InChI=1S/C8H8Br2O2S/c1-4(12-2)8-7(10)6(9)5(3-11)13-8/h3-4H,1-2H3/t4-/m0/s1. The summed E-state index contributed by atoms with van der Waals surface area (Å²) in [6.07, 6.45) is 0.843. The van der Waals surface area contributed by atoms with Crippen LogP contribution in [-0.4, -0.2) is 13.4 Å². The molecule has 0 aliphatic heterocycles. The molecule has 1 aromatic heterocycles. The van der Waals surface area contributed by atoms with Crippen LogP contribution in [0.3, 0.4) is 0 Å². The summed E-state index contributed by atoms with van der Waals surface area (Å²) in [4.78, 5) is 12.3. The highest BCUT2D eigenvalue weighted by Crippen LogP contribution is 2.40. The van der Waals surface area contributed by atoms with Crippen LogP contribution in [0.5, 0.6) is 0 Å². The summed E-state index contributed by atoms with van der Waals surface area (Å²) in [7, 11) is 1.64. The van der Waals surface area contributed by atoms with Gasteiger partial charge < -0.3 is 4.74 Å². The zero-order chi connectivity index (χ0) is 10.0. The zero-order valence-corrected chi connectivity index (χ0v) is 11.1. The second-order valence-corrected chi connectivity index (χ2v) is 5.12. The number of carbonyl (C=O) groups is 1. The molecule has 1 rings (SSSR count). The van der Waals surface area contributed by atoms with Crippen LogP contribution in [0, 0.1) is 0 Å². The molecule has 2 nitrogen and oxygen atoms in total. The molecule has 5 heteroatoms. The zero-order valence-electron chi connectivity index (χ0n) is 7.14. The predicted molar refractivity (Wildman–Crippen MR) is 60.5 cm³/mol. The highest BCUT2D eigenvalue weighted by molar-refractivity contribution is 9.13. The second kappa shape index (κ2) is 4.68. The van der Waals surface area contributed by atoms with E-state index in [2.05, 4.69) is 31.9 Å². The summed E-state index contributed by atoms with van der Waals surface area (Å²) in [6.45, 7) is 1.94. The van der Waals surface area contributed by atoms with Crippen LogP contribution in [0.15, 0.2) is 8.95 Å². The van der Waals surface area contributed by atoms with E-state index in [1.54, 1.807) is 7.11 Å². The van der Waals surface area contributed by atoms with Gasteiger partial charge in [0.15, 0.2) is 6.29 Å². The fraction of sp³-hybridized carbons (Fsp3) is 0.375. The highest BCUT2D eigenvalue weighted by atomic mass is 79.9. The molecule has 0 N–H and O–H groups in total. The first-order chi connectivity index (χ1) is 6.11. The van der Waals surface area contributed by atoms with Crippen molar-refractivity contribution in [3.05, 3.63) is 18.7 Å². The maximum Gasteiger partial charge on any atom is 0.161 e. The van der Waals surface area contributed by atoms with Crippen LogP contribution in [0.1, 0.15) is 27.6 Å². The number of thiophene rings is 1. The van der Waals surface area contributed by atoms with Gasteiger partial charge in [0.2, 0.25) is 0 Å². The Balaban J connectivity index is 3.16. The third-order valence-corrected chi connectivity index (χ3v) is 5.66. The van der Waals surface area contributed by atoms with Gasteiger partial charge >= 0.3 is 0 Å². The fourth-order valence-corrected chi connectivity index (χ4v) is 3.39. The molecule has 0 radical (unpaired) electrons. The smallest absolute Gasteiger partial charge is 0.161 e. The Morgan fingerprint density at radius 1 is 1.46 bits per heavy atom. The molecular formula is C8H8Br2O2S. The van der Waals surface area contributed by atoms with Crippen LogP contribution in [0.4, 0.5) is 0 Å². The van der Waals surface area contributed by atoms with E-state index in [0.717, 1.165) is 20.1 Å². The average molecular weight is 328 g/mol. The van der Waals surface area contributed by atoms with E-state index in [1.165, 1.54) is 11.3 Å². The summed E-state index contributed by atoms with van der Waals surface area (Å²) in [5.41, 5.74) is 0. The number of hydrogen-bond donors (Lipinski definition) is 0. The normalized spacial score (nSPS) is 12.9. The van der Waals surface area contributed by atoms with Crippen molar-refractivity contribution < 1.29 is 9.53 Å². The van der Waals surface area contributed by atoms with E-state index in [1.807, 2.05) is 6.92 Å². The lowest BCUT2D eigenvalue weighted by atomic mass is 10.3. The van der Waals surface area contributed by atoms with Crippen molar-refractivity contribution in [1.82, 2.24) is 0 Å². The van der Waals surface area contributed by atoms with Gasteiger partial charge in [-0.05, 0) is 38.8 Å². The quantitative estimate of drug-likeness (QED) is 0.789. The number of methoxy groups -OCH3 is 1. The van der Waals surface area contributed by atoms with Gasteiger partial charge in [-0.25, -0.2) is 0 Å². The minimum Gasteiger partial charge on any atom is -0.376 e. The Morgan fingerprint density at radius 2 is 2.08 bits per heavy atom. The molecule has 0 unspecified atom stereocenters. The number of halogens is 2. The van der Waals surface area contributed by atoms with Crippen molar-refractivity contribution in [2.45, 2.75) is 13.0 Å². The van der Waals surface area contributed by atoms with Gasteiger partial charge in [0.25, 0.3) is 0 Å². The minimum atomic E-state index is 0.00405. The SMILES string of the molecule is CO[C@@H](C)c1sc(C=O)c(Br)c1Br. The Kier molecular flexibility index (Phi) is 4.09. The van der Waals surface area contributed by atoms with Gasteiger partial charge in [0.1, 0.15) is 0 Å². The third-order valence-electron chi connectivity index (χ3n) is 1.68. The predicted octanol–water partition coefficient (Wildman–Crippen LogP) is 3.79. The van der Waals surface area contributed by atoms with E-state index in [-0.39, 0.29) is 6.10 Å². The Hall–Kier alpha value is 0.290. The van der Waals surface area contributed by atoms with Crippen LogP contribution in [0.25, 0.3) is 0 Å². The van der Waals surface area contributed by atoms with Crippen LogP contribution >= 0.6 is 43.2 Å². The Morgan fingerprint density at radius 3 is 2.46 bits per heavy atom. The van der Waals surface area contributed by atoms with Crippen molar-refractivity contribution in [2.24, 2.45) is 0 Å². The van der Waals surface area contributed by atoms with E-state index in [0.29, 0.717) is 4.88 Å². The number of aldehydes is 1. The van der Waals surface area contributed by atoms with Gasteiger partial charge in [-0.15, -0.1) is 11.3 Å². The Bertz CT molecular complexity index is 322. The highest BCUT2D eigenvalue weighted by Gasteiger charge is 2.17. The molecule has 0 fully saturated rings. The van der Waals surface area contributed by atoms with Gasteiger partial charge in [-0.2, -0.15) is 0 Å². The Labute approximate surface area is 97.5 Å². The molecule has 0 aliphatic carbocycles. The second-order valence-electron chi connectivity index (χ2n) is 2.45. The van der Waals surface area contributed by atoms with Crippen molar-refractivity contribution >= 4 is 49.5 Å². The monoisotopic (exact) mass is 326 g/mol. The van der Waals surface area contributed by atoms with Crippen LogP contribution < -0.4 is 0 Å². The van der Waals surface area contributed by atoms with Gasteiger partial charge in [0.05, 0.1) is 15.5 Å². The molecule has 0 saturated heterocycles. The molecule has 0 aromatic carbocycles. The first kappa shape index (κ1) is 11.4. The summed E-state index contributed by atoms with van der Waals surface area (Å²) in [6, 6.07) is 0. The topological polar surface area (TPSA) is 26.3 Å². The molecule has 0 saturated carbocycles. The third kappa shape index (κ3) is 2.21. The van der Waals surface area contributed by atoms with E-state index in [4.69, 9.17) is 4.74 Å². The number of rotatable bonds is 3. The molecule has 1 atom stereocenters. The first-order valence-corrected chi connectivity index (χ1v) is 5.97. The van der Waals surface area contributed by atoms with E-state index in [9.17, 15) is 4.79 Å². The van der Waals surface area contributed by atoms with E-state index >= 15 is 0 Å². The molecule has 0 aliphatic rings. The van der Waals surface area contributed by atoms with Crippen molar-refractivity contribution in [1.29, 1.82) is 0 Å². The maximum atomic E-state index is 10.6. The number of carbonyl (C=O) groups excluding carboxylic acids is 1. The average Bonchev–Trinajstić information content (AvgIpc) is 2.43. The fourth-order valence-electron chi connectivity index (χ4n) is 0.869. The molecule has 0 amide bonds. The summed E-state index contributed by atoms with van der Waals surface area (Å²) >= 11 is 8.18. The molecule has 13 heavy (non-hydrogen) atoms. The molecule has 1 aromatic rings. The largest absolute Gasteiger partial charge is 0.376 e. The van der Waals surface area contributed by atoms with Gasteiger partial charge in [-0.3, -0.25) is 4.79 Å². The summed E-state index contributed by atoms with van der Waals surface area (Å²) in [5, 5.41) is 0. The molecular weight excluding hydrogens is 320 g/mol. The molecule has 1 heterocycles. The van der Waals surface area contributed by atoms with E-state index < -0.39 is 0 Å². The van der Waals surface area contributed by atoms with Gasteiger partial charge in [-0.1, -0.05) is 0 Å². The lowest BCUT2D eigenvalue weighted by Gasteiger charge is -2.06. The maximum absolute atomic E-state index is 10.6. The van der Waals surface area contributed by atoms with Gasteiger partial charge in [0, 0.05) is 16.5 Å². The number of hydrogen-bond acceptors (Lipinski definition) is 3. The minimum absolute atomic E-state index is 0.00405. The molecule has 0 spiro atoms. The first-order valence-electron chi connectivity index (χ1n) is 3.57. The van der Waals surface area contributed by atoms with Crippen LogP contribution in [-0.2, 0) is 4.74 Å². The molecule has 0 bridgehead atoms. The summed E-state index contributed by atoms with van der Waals surface area (Å²) in [5.74, 6) is 0. The van der Waals surface area contributed by atoms with Crippen LogP contribution in [0.2, 0.25) is 0 Å². The van der Waals surface area contributed by atoms with Crippen molar-refractivity contribution in [3.63, 3.8) is 0 Å². The molecule has 72 valence electrons. The van der Waals surface area contributed by atoms with Crippen molar-refractivity contribution in [3.8, 4) is 0 Å².